The Labute approximate surface area is 68.6 Å². The number of hydrogen-bond acceptors (Lipinski definition) is 2. The summed E-state index contributed by atoms with van der Waals surface area (Å²) in [6, 6.07) is 0. The maximum absolute atomic E-state index is 5.53. The summed E-state index contributed by atoms with van der Waals surface area (Å²) in [6.07, 6.45) is 7.02. The Hall–Kier alpha value is -0.340. The van der Waals surface area contributed by atoms with Gasteiger partial charge in [0, 0.05) is 13.1 Å². The van der Waals surface area contributed by atoms with Crippen molar-refractivity contribution in [3.05, 3.63) is 12.2 Å². The van der Waals surface area contributed by atoms with Crippen LogP contribution in [0.5, 0.6) is 0 Å². The van der Waals surface area contributed by atoms with E-state index in [9.17, 15) is 0 Å². The van der Waals surface area contributed by atoms with E-state index in [1.54, 1.807) is 0 Å². The van der Waals surface area contributed by atoms with Gasteiger partial charge in [0.1, 0.15) is 0 Å². The molecule has 1 fully saturated rings. The number of allylic oxidation sites excluding steroid dienone is 2. The predicted molar refractivity (Wildman–Crippen MR) is 46.7 cm³/mol. The molecule has 0 unspecified atom stereocenters. The Morgan fingerprint density at radius 2 is 2.55 bits per heavy atom. The fourth-order valence-corrected chi connectivity index (χ4v) is 1.25. The molecular formula is C9H17NO. The molecule has 1 saturated heterocycles. The lowest BCUT2D eigenvalue weighted by atomic mass is 10.1. The minimum atomic E-state index is 0.444. The summed E-state index contributed by atoms with van der Waals surface area (Å²) in [5.74, 6) is 0. The summed E-state index contributed by atoms with van der Waals surface area (Å²) >= 11 is 0. The molecule has 0 aromatic heterocycles. The van der Waals surface area contributed by atoms with E-state index < -0.39 is 0 Å². The largest absolute Gasteiger partial charge is 0.376 e. The molecule has 1 aliphatic rings. The van der Waals surface area contributed by atoms with E-state index in [0.717, 1.165) is 32.5 Å². The van der Waals surface area contributed by atoms with Crippen molar-refractivity contribution in [3.63, 3.8) is 0 Å². The highest BCUT2D eigenvalue weighted by Crippen LogP contribution is 2.04. The van der Waals surface area contributed by atoms with Gasteiger partial charge < -0.3 is 10.1 Å². The van der Waals surface area contributed by atoms with Crippen molar-refractivity contribution in [3.8, 4) is 0 Å². The molecule has 0 aliphatic carbocycles. The second-order valence-electron chi connectivity index (χ2n) is 2.84. The number of nitrogens with one attached hydrogen (secondary N) is 1. The van der Waals surface area contributed by atoms with Crippen LogP contribution in [0, 0.1) is 0 Å². The Bertz CT molecular complexity index is 117. The first-order valence-corrected chi connectivity index (χ1v) is 4.37. The Morgan fingerprint density at radius 3 is 3.18 bits per heavy atom. The molecule has 11 heavy (non-hydrogen) atoms. The third-order valence-electron chi connectivity index (χ3n) is 1.90. The van der Waals surface area contributed by atoms with Gasteiger partial charge in [0.2, 0.25) is 0 Å². The van der Waals surface area contributed by atoms with Crippen LogP contribution >= 0.6 is 0 Å². The highest BCUT2D eigenvalue weighted by Gasteiger charge is 2.11. The van der Waals surface area contributed by atoms with Gasteiger partial charge in [0.25, 0.3) is 0 Å². The summed E-state index contributed by atoms with van der Waals surface area (Å²) in [7, 11) is 0. The standard InChI is InChI=1S/C9H17NO/c1-2-3-4-5-9-8-10-6-7-11-9/h2-3,9-10H,4-8H2,1H3/b3-2+/t9-/m1/s1. The van der Waals surface area contributed by atoms with Crippen LogP contribution in [0.1, 0.15) is 19.8 Å². The topological polar surface area (TPSA) is 21.3 Å². The number of ether oxygens (including phenoxy) is 1. The van der Waals surface area contributed by atoms with Gasteiger partial charge in [0.05, 0.1) is 12.7 Å². The normalized spacial score (nSPS) is 26.1. The molecule has 0 spiro atoms. The van der Waals surface area contributed by atoms with Crippen molar-refractivity contribution in [2.45, 2.75) is 25.9 Å². The molecule has 2 nitrogen and oxygen atoms in total. The van der Waals surface area contributed by atoms with Crippen LogP contribution in [0.4, 0.5) is 0 Å². The van der Waals surface area contributed by atoms with E-state index in [4.69, 9.17) is 4.74 Å². The van der Waals surface area contributed by atoms with Gasteiger partial charge in [-0.2, -0.15) is 0 Å². The summed E-state index contributed by atoms with van der Waals surface area (Å²) < 4.78 is 5.53. The zero-order chi connectivity index (χ0) is 7.94. The van der Waals surface area contributed by atoms with Gasteiger partial charge in [-0.3, -0.25) is 0 Å². The van der Waals surface area contributed by atoms with Crippen molar-refractivity contribution >= 4 is 0 Å². The summed E-state index contributed by atoms with van der Waals surface area (Å²) in [5.41, 5.74) is 0. The zero-order valence-electron chi connectivity index (χ0n) is 7.18. The van der Waals surface area contributed by atoms with E-state index in [0.29, 0.717) is 6.10 Å². The van der Waals surface area contributed by atoms with Crippen LogP contribution in [-0.2, 0) is 4.74 Å². The quantitative estimate of drug-likeness (QED) is 0.621. The lowest BCUT2D eigenvalue weighted by molar-refractivity contribution is 0.0242. The molecule has 1 N–H and O–H groups in total. The van der Waals surface area contributed by atoms with Crippen LogP contribution in [0.3, 0.4) is 0 Å². The minimum Gasteiger partial charge on any atom is -0.376 e. The summed E-state index contributed by atoms with van der Waals surface area (Å²) in [4.78, 5) is 0. The average Bonchev–Trinajstić information content (AvgIpc) is 2.07. The van der Waals surface area contributed by atoms with Crippen molar-refractivity contribution in [2.24, 2.45) is 0 Å². The minimum absolute atomic E-state index is 0.444. The van der Waals surface area contributed by atoms with E-state index >= 15 is 0 Å². The Kier molecular flexibility index (Phi) is 4.24. The summed E-state index contributed by atoms with van der Waals surface area (Å²) in [6.45, 7) is 4.97. The van der Waals surface area contributed by atoms with Crippen molar-refractivity contribution in [2.75, 3.05) is 19.7 Å². The highest BCUT2D eigenvalue weighted by molar-refractivity contribution is 4.79. The van der Waals surface area contributed by atoms with Crippen molar-refractivity contribution in [1.29, 1.82) is 0 Å². The van der Waals surface area contributed by atoms with E-state index in [1.807, 2.05) is 0 Å². The molecule has 0 radical (unpaired) electrons. The average molecular weight is 155 g/mol. The maximum Gasteiger partial charge on any atom is 0.0703 e. The van der Waals surface area contributed by atoms with Gasteiger partial charge >= 0.3 is 0 Å². The van der Waals surface area contributed by atoms with Gasteiger partial charge in [0.15, 0.2) is 0 Å². The molecule has 0 aromatic carbocycles. The van der Waals surface area contributed by atoms with Crippen molar-refractivity contribution < 1.29 is 4.74 Å². The molecule has 0 bridgehead atoms. The highest BCUT2D eigenvalue weighted by atomic mass is 16.5. The lowest BCUT2D eigenvalue weighted by Gasteiger charge is -2.22. The Morgan fingerprint density at radius 1 is 1.64 bits per heavy atom. The smallest absolute Gasteiger partial charge is 0.0703 e. The fourth-order valence-electron chi connectivity index (χ4n) is 1.25. The van der Waals surface area contributed by atoms with Gasteiger partial charge in [-0.15, -0.1) is 0 Å². The molecule has 1 rings (SSSR count). The molecule has 0 amide bonds. The predicted octanol–water partition coefficient (Wildman–Crippen LogP) is 1.33. The first-order chi connectivity index (χ1) is 5.43. The molecule has 2 heteroatoms. The number of hydrogen-bond donors (Lipinski definition) is 1. The van der Waals surface area contributed by atoms with Crippen LogP contribution < -0.4 is 5.32 Å². The second kappa shape index (κ2) is 5.33. The van der Waals surface area contributed by atoms with Gasteiger partial charge in [-0.1, -0.05) is 12.2 Å². The number of morpholine rings is 1. The van der Waals surface area contributed by atoms with Crippen LogP contribution in [0.25, 0.3) is 0 Å². The van der Waals surface area contributed by atoms with E-state index in [1.165, 1.54) is 0 Å². The fraction of sp³-hybridized carbons (Fsp3) is 0.778. The van der Waals surface area contributed by atoms with Crippen LogP contribution in [-0.4, -0.2) is 25.8 Å². The van der Waals surface area contributed by atoms with Gasteiger partial charge in [-0.05, 0) is 19.8 Å². The second-order valence-corrected chi connectivity index (χ2v) is 2.84. The van der Waals surface area contributed by atoms with Crippen molar-refractivity contribution in [1.82, 2.24) is 5.32 Å². The first-order valence-electron chi connectivity index (χ1n) is 4.37. The lowest BCUT2D eigenvalue weighted by Crippen LogP contribution is -2.38. The molecule has 64 valence electrons. The Balaban J connectivity index is 2.04. The zero-order valence-corrected chi connectivity index (χ0v) is 7.18. The SMILES string of the molecule is C/C=C/CC[C@@H]1CNCCO1. The maximum atomic E-state index is 5.53. The van der Waals surface area contributed by atoms with E-state index in [-0.39, 0.29) is 0 Å². The summed E-state index contributed by atoms with van der Waals surface area (Å²) in [5, 5.41) is 3.31. The first kappa shape index (κ1) is 8.75. The third kappa shape index (κ3) is 3.54. The molecule has 1 aliphatic heterocycles. The molecule has 1 atom stereocenters. The third-order valence-corrected chi connectivity index (χ3v) is 1.90. The van der Waals surface area contributed by atoms with Crippen LogP contribution in [0.15, 0.2) is 12.2 Å². The van der Waals surface area contributed by atoms with Gasteiger partial charge in [-0.25, -0.2) is 0 Å². The number of rotatable bonds is 3. The molecule has 0 aromatic rings. The molecular weight excluding hydrogens is 138 g/mol. The van der Waals surface area contributed by atoms with E-state index in [2.05, 4.69) is 24.4 Å². The monoisotopic (exact) mass is 155 g/mol. The molecule has 1 heterocycles. The molecule has 0 saturated carbocycles. The van der Waals surface area contributed by atoms with Crippen LogP contribution in [0.2, 0.25) is 0 Å².